The molecule has 0 radical (unpaired) electrons. The van der Waals surface area contributed by atoms with E-state index in [9.17, 15) is 19.1 Å². The summed E-state index contributed by atoms with van der Waals surface area (Å²) in [5.41, 5.74) is -0.202. The summed E-state index contributed by atoms with van der Waals surface area (Å²) >= 11 is 0. The monoisotopic (exact) mass is 352 g/mol. The summed E-state index contributed by atoms with van der Waals surface area (Å²) in [6.07, 6.45) is 0.783. The Hall–Kier alpha value is -2.31. The van der Waals surface area contributed by atoms with E-state index in [2.05, 4.69) is 5.32 Å². The SMILES string of the molecule is Cc1cc(C(=O)NC2CCN(C(=O)OC(C)(C)C)CC2)c(F)cc1O. The lowest BCUT2D eigenvalue weighted by molar-refractivity contribution is 0.0199. The molecule has 25 heavy (non-hydrogen) atoms. The number of carbonyl (C=O) groups is 2. The number of carbonyl (C=O) groups excluding carboxylic acids is 2. The molecule has 0 aliphatic carbocycles. The van der Waals surface area contributed by atoms with Crippen LogP contribution in [0.25, 0.3) is 0 Å². The zero-order chi connectivity index (χ0) is 18.8. The van der Waals surface area contributed by atoms with Crippen LogP contribution in [0.15, 0.2) is 12.1 Å². The molecule has 1 aromatic carbocycles. The number of aryl methyl sites for hydroxylation is 1. The predicted molar refractivity (Wildman–Crippen MR) is 91.1 cm³/mol. The summed E-state index contributed by atoms with van der Waals surface area (Å²) in [4.78, 5) is 25.9. The average Bonchev–Trinajstić information content (AvgIpc) is 2.49. The van der Waals surface area contributed by atoms with Crippen molar-refractivity contribution < 1.29 is 23.8 Å². The maximum Gasteiger partial charge on any atom is 0.410 e. The van der Waals surface area contributed by atoms with Crippen molar-refractivity contribution in [1.29, 1.82) is 0 Å². The van der Waals surface area contributed by atoms with Gasteiger partial charge in [-0.1, -0.05) is 0 Å². The molecule has 0 aromatic heterocycles. The Kier molecular flexibility index (Phi) is 5.55. The van der Waals surface area contributed by atoms with Crippen molar-refractivity contribution in [3.05, 3.63) is 29.1 Å². The summed E-state index contributed by atoms with van der Waals surface area (Å²) in [5, 5.41) is 12.3. The van der Waals surface area contributed by atoms with Gasteiger partial charge < -0.3 is 20.1 Å². The molecular weight excluding hydrogens is 327 g/mol. The van der Waals surface area contributed by atoms with E-state index in [0.717, 1.165) is 6.07 Å². The van der Waals surface area contributed by atoms with E-state index in [4.69, 9.17) is 4.74 Å². The minimum Gasteiger partial charge on any atom is -0.508 e. The Labute approximate surface area is 147 Å². The number of hydrogen-bond donors (Lipinski definition) is 2. The number of ether oxygens (including phenoxy) is 1. The topological polar surface area (TPSA) is 78.9 Å². The second kappa shape index (κ2) is 7.29. The van der Waals surface area contributed by atoms with Crippen molar-refractivity contribution in [2.24, 2.45) is 0 Å². The Bertz CT molecular complexity index is 662. The maximum atomic E-state index is 13.9. The van der Waals surface area contributed by atoms with Gasteiger partial charge in [-0.15, -0.1) is 0 Å². The zero-order valence-corrected chi connectivity index (χ0v) is 15.1. The maximum absolute atomic E-state index is 13.9. The van der Waals surface area contributed by atoms with Gasteiger partial charge >= 0.3 is 6.09 Å². The number of nitrogens with one attached hydrogen (secondary N) is 1. The van der Waals surface area contributed by atoms with Crippen LogP contribution in [0.3, 0.4) is 0 Å². The van der Waals surface area contributed by atoms with Gasteiger partial charge in [-0.25, -0.2) is 9.18 Å². The molecule has 1 aliphatic heterocycles. The summed E-state index contributed by atoms with van der Waals surface area (Å²) in [6.45, 7) is 7.98. The highest BCUT2D eigenvalue weighted by Gasteiger charge is 2.28. The minimum atomic E-state index is -0.758. The first-order valence-corrected chi connectivity index (χ1v) is 8.35. The molecule has 0 atom stereocenters. The number of phenolic OH excluding ortho intramolecular Hbond substituents is 1. The largest absolute Gasteiger partial charge is 0.508 e. The van der Waals surface area contributed by atoms with E-state index in [0.29, 0.717) is 31.5 Å². The molecule has 2 rings (SSSR count). The van der Waals surface area contributed by atoms with Gasteiger partial charge in [0, 0.05) is 25.2 Å². The molecule has 0 spiro atoms. The van der Waals surface area contributed by atoms with Crippen molar-refractivity contribution in [2.45, 2.75) is 52.2 Å². The third-order valence-corrected chi connectivity index (χ3v) is 4.01. The Morgan fingerprint density at radius 2 is 1.88 bits per heavy atom. The van der Waals surface area contributed by atoms with Crippen molar-refractivity contribution in [3.63, 3.8) is 0 Å². The van der Waals surface area contributed by atoms with Crippen LogP contribution < -0.4 is 5.32 Å². The van der Waals surface area contributed by atoms with Crippen molar-refractivity contribution >= 4 is 12.0 Å². The molecule has 2 amide bonds. The highest BCUT2D eigenvalue weighted by Crippen LogP contribution is 2.21. The molecule has 0 unspecified atom stereocenters. The number of amides is 2. The number of nitrogens with zero attached hydrogens (tertiary/aromatic N) is 1. The quantitative estimate of drug-likeness (QED) is 0.858. The van der Waals surface area contributed by atoms with Gasteiger partial charge in [-0.3, -0.25) is 4.79 Å². The van der Waals surface area contributed by atoms with E-state index in [1.54, 1.807) is 11.8 Å². The van der Waals surface area contributed by atoms with E-state index >= 15 is 0 Å². The van der Waals surface area contributed by atoms with Crippen LogP contribution in [-0.2, 0) is 4.74 Å². The molecule has 6 nitrogen and oxygen atoms in total. The standard InChI is InChI=1S/C18H25FN2O4/c1-11-9-13(14(19)10-15(11)22)16(23)20-12-5-7-21(8-6-12)17(24)25-18(2,3)4/h9-10,12,22H,5-8H2,1-4H3,(H,20,23). The highest BCUT2D eigenvalue weighted by atomic mass is 19.1. The molecule has 1 aromatic rings. The van der Waals surface area contributed by atoms with Crippen molar-refractivity contribution in [3.8, 4) is 5.75 Å². The van der Waals surface area contributed by atoms with Gasteiger partial charge in [0.05, 0.1) is 5.56 Å². The number of halogens is 1. The van der Waals surface area contributed by atoms with Gasteiger partial charge in [0.2, 0.25) is 0 Å². The number of hydrogen-bond acceptors (Lipinski definition) is 4. The number of rotatable bonds is 2. The Morgan fingerprint density at radius 1 is 1.28 bits per heavy atom. The first-order chi connectivity index (χ1) is 11.6. The third-order valence-electron chi connectivity index (χ3n) is 4.01. The fourth-order valence-corrected chi connectivity index (χ4v) is 2.64. The summed E-state index contributed by atoms with van der Waals surface area (Å²) in [6, 6.07) is 2.13. The molecular formula is C18H25FN2O4. The van der Waals surface area contributed by atoms with Crippen LogP contribution in [0.5, 0.6) is 5.75 Å². The minimum absolute atomic E-state index is 0.0927. The van der Waals surface area contributed by atoms with Gasteiger partial charge in [0.15, 0.2) is 0 Å². The second-order valence-electron chi connectivity index (χ2n) is 7.33. The number of benzene rings is 1. The van der Waals surface area contributed by atoms with E-state index in [1.165, 1.54) is 6.07 Å². The molecule has 1 heterocycles. The summed E-state index contributed by atoms with van der Waals surface area (Å²) in [7, 11) is 0. The molecule has 1 fully saturated rings. The van der Waals surface area contributed by atoms with Gasteiger partial charge in [-0.05, 0) is 52.2 Å². The van der Waals surface area contributed by atoms with E-state index in [-0.39, 0.29) is 23.4 Å². The van der Waals surface area contributed by atoms with Crippen LogP contribution in [0.4, 0.5) is 9.18 Å². The zero-order valence-electron chi connectivity index (χ0n) is 15.1. The van der Waals surface area contributed by atoms with Gasteiger partial charge in [-0.2, -0.15) is 0 Å². The number of aromatic hydroxyl groups is 1. The average molecular weight is 352 g/mol. The Morgan fingerprint density at radius 3 is 2.44 bits per heavy atom. The fourth-order valence-electron chi connectivity index (χ4n) is 2.64. The molecule has 0 bridgehead atoms. The van der Waals surface area contributed by atoms with Crippen molar-refractivity contribution in [1.82, 2.24) is 10.2 Å². The predicted octanol–water partition coefficient (Wildman–Crippen LogP) is 2.97. The lowest BCUT2D eigenvalue weighted by atomic mass is 10.0. The van der Waals surface area contributed by atoms with Crippen LogP contribution in [-0.4, -0.2) is 46.7 Å². The van der Waals surface area contributed by atoms with Crippen LogP contribution >= 0.6 is 0 Å². The smallest absolute Gasteiger partial charge is 0.410 e. The van der Waals surface area contributed by atoms with E-state index in [1.807, 2.05) is 20.8 Å². The Balaban J connectivity index is 1.91. The first kappa shape index (κ1) is 19.0. The lowest BCUT2D eigenvalue weighted by Gasteiger charge is -2.33. The second-order valence-corrected chi connectivity index (χ2v) is 7.33. The number of piperidine rings is 1. The van der Waals surface area contributed by atoms with Gasteiger partial charge in [0.25, 0.3) is 5.91 Å². The van der Waals surface area contributed by atoms with Gasteiger partial charge in [0.1, 0.15) is 17.2 Å². The first-order valence-electron chi connectivity index (χ1n) is 8.35. The third kappa shape index (κ3) is 5.08. The molecule has 1 aliphatic rings. The number of phenols is 1. The molecule has 138 valence electrons. The molecule has 7 heteroatoms. The van der Waals surface area contributed by atoms with Crippen LogP contribution in [0.1, 0.15) is 49.5 Å². The highest BCUT2D eigenvalue weighted by molar-refractivity contribution is 5.95. The molecule has 2 N–H and O–H groups in total. The van der Waals surface area contributed by atoms with Crippen LogP contribution in [0, 0.1) is 12.7 Å². The molecule has 0 saturated carbocycles. The lowest BCUT2D eigenvalue weighted by Crippen LogP contribution is -2.47. The number of likely N-dealkylation sites (tertiary alicyclic amines) is 1. The summed E-state index contributed by atoms with van der Waals surface area (Å²) < 4.78 is 19.2. The molecule has 1 saturated heterocycles. The normalized spacial score (nSPS) is 15.8. The van der Waals surface area contributed by atoms with Crippen LogP contribution in [0.2, 0.25) is 0 Å². The van der Waals surface area contributed by atoms with E-state index < -0.39 is 17.3 Å². The summed E-state index contributed by atoms with van der Waals surface area (Å²) in [5.74, 6) is -1.46. The van der Waals surface area contributed by atoms with Crippen molar-refractivity contribution in [2.75, 3.05) is 13.1 Å². The fraction of sp³-hybridized carbons (Fsp3) is 0.556.